The van der Waals surface area contributed by atoms with E-state index in [0.717, 1.165) is 25.7 Å². The van der Waals surface area contributed by atoms with Crippen molar-refractivity contribution in [3.8, 4) is 17.6 Å². The Bertz CT molecular complexity index is 313. The predicted octanol–water partition coefficient (Wildman–Crippen LogP) is 3.13. The van der Waals surface area contributed by atoms with E-state index in [4.69, 9.17) is 5.11 Å². The summed E-state index contributed by atoms with van der Waals surface area (Å²) in [4.78, 5) is 0. The summed E-state index contributed by atoms with van der Waals surface area (Å²) < 4.78 is 0. The first-order valence-corrected chi connectivity index (χ1v) is 5.06. The van der Waals surface area contributed by atoms with Gasteiger partial charge in [-0.2, -0.15) is 0 Å². The third kappa shape index (κ3) is 4.00. The maximum Gasteiger partial charge on any atom is 0.115 e. The third-order valence-electron chi connectivity index (χ3n) is 1.98. The van der Waals surface area contributed by atoms with Crippen LogP contribution in [0.2, 0.25) is 0 Å². The van der Waals surface area contributed by atoms with Crippen molar-refractivity contribution < 1.29 is 5.11 Å². The lowest BCUT2D eigenvalue weighted by molar-refractivity contribution is 0.475. The SMILES string of the molecule is CCCC#CCCc1ccc(O)cc1. The van der Waals surface area contributed by atoms with Crippen LogP contribution in [0.3, 0.4) is 0 Å². The van der Waals surface area contributed by atoms with Crippen molar-refractivity contribution in [1.29, 1.82) is 0 Å². The molecule has 0 aliphatic carbocycles. The Kier molecular flexibility index (Phi) is 4.64. The molecule has 0 unspecified atom stereocenters. The number of aromatic hydroxyl groups is 1. The van der Waals surface area contributed by atoms with Gasteiger partial charge in [-0.05, 0) is 30.5 Å². The van der Waals surface area contributed by atoms with Crippen molar-refractivity contribution in [3.63, 3.8) is 0 Å². The van der Waals surface area contributed by atoms with Crippen LogP contribution < -0.4 is 0 Å². The van der Waals surface area contributed by atoms with Crippen LogP contribution in [0.1, 0.15) is 31.7 Å². The van der Waals surface area contributed by atoms with Gasteiger partial charge >= 0.3 is 0 Å². The van der Waals surface area contributed by atoms with E-state index in [1.165, 1.54) is 5.56 Å². The third-order valence-corrected chi connectivity index (χ3v) is 1.98. The van der Waals surface area contributed by atoms with E-state index in [9.17, 15) is 0 Å². The van der Waals surface area contributed by atoms with Gasteiger partial charge in [-0.25, -0.2) is 0 Å². The molecule has 0 aliphatic heterocycles. The summed E-state index contributed by atoms with van der Waals surface area (Å²) in [5.41, 5.74) is 1.23. The Hall–Kier alpha value is -1.42. The van der Waals surface area contributed by atoms with Gasteiger partial charge < -0.3 is 5.11 Å². The number of hydrogen-bond acceptors (Lipinski definition) is 1. The molecule has 0 heterocycles. The average molecular weight is 188 g/mol. The fourth-order valence-corrected chi connectivity index (χ4v) is 1.17. The zero-order valence-electron chi connectivity index (χ0n) is 8.59. The molecule has 1 heteroatoms. The van der Waals surface area contributed by atoms with Crippen LogP contribution in [0.5, 0.6) is 5.75 Å². The number of benzene rings is 1. The summed E-state index contributed by atoms with van der Waals surface area (Å²) in [6, 6.07) is 7.32. The Morgan fingerprint density at radius 3 is 2.36 bits per heavy atom. The zero-order chi connectivity index (χ0) is 10.2. The second kappa shape index (κ2) is 6.10. The van der Waals surface area contributed by atoms with Crippen LogP contribution in [-0.2, 0) is 6.42 Å². The van der Waals surface area contributed by atoms with Gasteiger partial charge in [0.2, 0.25) is 0 Å². The van der Waals surface area contributed by atoms with E-state index in [0.29, 0.717) is 5.75 Å². The van der Waals surface area contributed by atoms with Crippen LogP contribution in [0.4, 0.5) is 0 Å². The molecule has 0 fully saturated rings. The topological polar surface area (TPSA) is 20.2 Å². The van der Waals surface area contributed by atoms with Crippen molar-refractivity contribution in [2.45, 2.75) is 32.6 Å². The number of phenolic OH excluding ortho intramolecular Hbond substituents is 1. The molecule has 74 valence electrons. The second-order valence-corrected chi connectivity index (χ2v) is 3.27. The first-order chi connectivity index (χ1) is 6.83. The summed E-state index contributed by atoms with van der Waals surface area (Å²) in [5.74, 6) is 6.58. The molecule has 0 radical (unpaired) electrons. The van der Waals surface area contributed by atoms with Gasteiger partial charge in [0.25, 0.3) is 0 Å². The number of unbranched alkanes of at least 4 members (excludes halogenated alkanes) is 1. The Morgan fingerprint density at radius 2 is 1.71 bits per heavy atom. The highest BCUT2D eigenvalue weighted by Gasteiger charge is 1.90. The highest BCUT2D eigenvalue weighted by molar-refractivity contribution is 5.26. The fraction of sp³-hybridized carbons (Fsp3) is 0.385. The summed E-state index contributed by atoms with van der Waals surface area (Å²) >= 11 is 0. The van der Waals surface area contributed by atoms with Crippen LogP contribution in [0, 0.1) is 11.8 Å². The molecule has 0 saturated carbocycles. The predicted molar refractivity (Wildman–Crippen MR) is 59.1 cm³/mol. The summed E-state index contributed by atoms with van der Waals surface area (Å²) in [5, 5.41) is 9.07. The van der Waals surface area contributed by atoms with E-state index in [1.807, 2.05) is 12.1 Å². The minimum Gasteiger partial charge on any atom is -0.508 e. The number of rotatable bonds is 3. The van der Waals surface area contributed by atoms with E-state index in [1.54, 1.807) is 12.1 Å². The Labute approximate surface area is 85.8 Å². The summed E-state index contributed by atoms with van der Waals surface area (Å²) in [6.07, 6.45) is 4.00. The van der Waals surface area contributed by atoms with Gasteiger partial charge in [0.15, 0.2) is 0 Å². The van der Waals surface area contributed by atoms with Crippen molar-refractivity contribution in [1.82, 2.24) is 0 Å². The van der Waals surface area contributed by atoms with Crippen molar-refractivity contribution in [2.24, 2.45) is 0 Å². The molecule has 0 aliphatic rings. The lowest BCUT2D eigenvalue weighted by Crippen LogP contribution is -1.82. The van der Waals surface area contributed by atoms with Gasteiger partial charge in [-0.3, -0.25) is 0 Å². The molecule has 0 bridgehead atoms. The Morgan fingerprint density at radius 1 is 1.07 bits per heavy atom. The van der Waals surface area contributed by atoms with Gasteiger partial charge in [0.1, 0.15) is 5.75 Å². The number of phenols is 1. The standard InChI is InChI=1S/C13H16O/c1-2-3-4-5-6-7-12-8-10-13(14)11-9-12/h8-11,14H,2-3,6-7H2,1H3. The highest BCUT2D eigenvalue weighted by atomic mass is 16.3. The molecule has 1 aromatic carbocycles. The largest absolute Gasteiger partial charge is 0.508 e. The van der Waals surface area contributed by atoms with Crippen molar-refractivity contribution >= 4 is 0 Å². The number of aryl methyl sites for hydroxylation is 1. The Balaban J connectivity index is 2.32. The van der Waals surface area contributed by atoms with Crippen molar-refractivity contribution in [3.05, 3.63) is 29.8 Å². The van der Waals surface area contributed by atoms with E-state index < -0.39 is 0 Å². The molecule has 0 aromatic heterocycles. The lowest BCUT2D eigenvalue weighted by atomic mass is 10.1. The molecule has 0 saturated heterocycles. The normalized spacial score (nSPS) is 9.21. The zero-order valence-corrected chi connectivity index (χ0v) is 8.59. The lowest BCUT2D eigenvalue weighted by Gasteiger charge is -1.96. The quantitative estimate of drug-likeness (QED) is 0.722. The second-order valence-electron chi connectivity index (χ2n) is 3.27. The van der Waals surface area contributed by atoms with Crippen LogP contribution in [-0.4, -0.2) is 5.11 Å². The molecular weight excluding hydrogens is 172 g/mol. The molecule has 0 atom stereocenters. The van der Waals surface area contributed by atoms with Gasteiger partial charge in [-0.1, -0.05) is 19.1 Å². The van der Waals surface area contributed by atoms with Crippen LogP contribution >= 0.6 is 0 Å². The monoisotopic (exact) mass is 188 g/mol. The van der Waals surface area contributed by atoms with E-state index >= 15 is 0 Å². The maximum absolute atomic E-state index is 9.07. The highest BCUT2D eigenvalue weighted by Crippen LogP contribution is 2.10. The van der Waals surface area contributed by atoms with Gasteiger partial charge in [0.05, 0.1) is 0 Å². The first kappa shape index (κ1) is 10.7. The fourth-order valence-electron chi connectivity index (χ4n) is 1.17. The van der Waals surface area contributed by atoms with Crippen LogP contribution in [0.15, 0.2) is 24.3 Å². The van der Waals surface area contributed by atoms with Crippen LogP contribution in [0.25, 0.3) is 0 Å². The van der Waals surface area contributed by atoms with E-state index in [2.05, 4.69) is 18.8 Å². The maximum atomic E-state index is 9.07. The molecular formula is C13H16O. The van der Waals surface area contributed by atoms with Gasteiger partial charge in [-0.15, -0.1) is 11.8 Å². The molecule has 1 rings (SSSR count). The summed E-state index contributed by atoms with van der Waals surface area (Å²) in [6.45, 7) is 2.13. The number of hydrogen-bond donors (Lipinski definition) is 1. The summed E-state index contributed by atoms with van der Waals surface area (Å²) in [7, 11) is 0. The molecule has 14 heavy (non-hydrogen) atoms. The minimum absolute atomic E-state index is 0.325. The van der Waals surface area contributed by atoms with E-state index in [-0.39, 0.29) is 0 Å². The molecule has 0 amide bonds. The first-order valence-electron chi connectivity index (χ1n) is 5.06. The molecule has 1 N–H and O–H groups in total. The minimum atomic E-state index is 0.325. The molecule has 1 nitrogen and oxygen atoms in total. The smallest absolute Gasteiger partial charge is 0.115 e. The average Bonchev–Trinajstić information content (AvgIpc) is 2.21. The van der Waals surface area contributed by atoms with Gasteiger partial charge in [0, 0.05) is 12.8 Å². The molecule has 1 aromatic rings. The molecule has 0 spiro atoms. The van der Waals surface area contributed by atoms with Crippen molar-refractivity contribution in [2.75, 3.05) is 0 Å².